The number of carboxylic acid groups (broad SMARTS) is 1. The summed E-state index contributed by atoms with van der Waals surface area (Å²) in [4.78, 5) is 27.3. The highest BCUT2D eigenvalue weighted by Crippen LogP contribution is 2.17. The highest BCUT2D eigenvalue weighted by atomic mass is 32.1. The average molecular weight is 318 g/mol. The van der Waals surface area contributed by atoms with E-state index in [1.807, 2.05) is 19.2 Å². The Kier molecular flexibility index (Phi) is 5.27. The second-order valence-electron chi connectivity index (χ2n) is 4.99. The molecule has 1 unspecified atom stereocenters. The molecule has 0 fully saturated rings. The van der Waals surface area contributed by atoms with Crippen molar-refractivity contribution in [2.45, 2.75) is 32.7 Å². The maximum absolute atomic E-state index is 12.0. The van der Waals surface area contributed by atoms with Gasteiger partial charge in [0.2, 0.25) is 5.91 Å². The van der Waals surface area contributed by atoms with Gasteiger partial charge in [0.25, 0.3) is 0 Å². The number of thiazole rings is 1. The molecule has 2 N–H and O–H groups in total. The normalized spacial score (nSPS) is 11.9. The third-order valence-electron chi connectivity index (χ3n) is 3.26. The molecule has 6 heteroatoms. The van der Waals surface area contributed by atoms with Gasteiger partial charge in [-0.1, -0.05) is 19.1 Å². The molecule has 0 bridgehead atoms. The highest BCUT2D eigenvalue weighted by molar-refractivity contribution is 7.09. The van der Waals surface area contributed by atoms with Crippen molar-refractivity contribution >= 4 is 23.2 Å². The van der Waals surface area contributed by atoms with Crippen molar-refractivity contribution in [3.8, 4) is 0 Å². The van der Waals surface area contributed by atoms with Crippen LogP contribution in [0.4, 0.5) is 0 Å². The van der Waals surface area contributed by atoms with Crippen LogP contribution in [0.15, 0.2) is 29.6 Å². The Morgan fingerprint density at radius 3 is 2.55 bits per heavy atom. The first-order chi connectivity index (χ1) is 10.5. The monoisotopic (exact) mass is 318 g/mol. The fourth-order valence-corrected chi connectivity index (χ4v) is 2.84. The molecule has 1 heterocycles. The quantitative estimate of drug-likeness (QED) is 0.858. The van der Waals surface area contributed by atoms with Gasteiger partial charge in [-0.15, -0.1) is 11.3 Å². The number of hydrogen-bond donors (Lipinski definition) is 2. The summed E-state index contributed by atoms with van der Waals surface area (Å²) in [5.41, 5.74) is 1.87. The van der Waals surface area contributed by atoms with E-state index in [0.29, 0.717) is 0 Å². The maximum Gasteiger partial charge on any atom is 0.335 e. The van der Waals surface area contributed by atoms with Gasteiger partial charge in [-0.2, -0.15) is 0 Å². The summed E-state index contributed by atoms with van der Waals surface area (Å²) in [5, 5.41) is 14.8. The topological polar surface area (TPSA) is 79.3 Å². The van der Waals surface area contributed by atoms with Crippen molar-refractivity contribution in [2.75, 3.05) is 0 Å². The number of rotatable bonds is 6. The van der Waals surface area contributed by atoms with Crippen molar-refractivity contribution in [3.05, 3.63) is 51.5 Å². The minimum Gasteiger partial charge on any atom is -0.478 e. The molecule has 0 aliphatic heterocycles. The molecule has 5 nitrogen and oxygen atoms in total. The number of aryl methyl sites for hydroxylation is 1. The van der Waals surface area contributed by atoms with Crippen molar-refractivity contribution in [2.24, 2.45) is 0 Å². The number of aromatic nitrogens is 1. The first kappa shape index (κ1) is 16.2. The lowest BCUT2D eigenvalue weighted by molar-refractivity contribution is -0.121. The summed E-state index contributed by atoms with van der Waals surface area (Å²) in [5.74, 6) is -1.08. The van der Waals surface area contributed by atoms with Crippen molar-refractivity contribution in [3.63, 3.8) is 0 Å². The van der Waals surface area contributed by atoms with Crippen LogP contribution >= 0.6 is 11.3 Å². The summed E-state index contributed by atoms with van der Waals surface area (Å²) in [7, 11) is 0. The van der Waals surface area contributed by atoms with Crippen LogP contribution in [0.2, 0.25) is 0 Å². The Hall–Kier alpha value is -2.21. The zero-order valence-corrected chi connectivity index (χ0v) is 13.3. The Bertz CT molecular complexity index is 664. The molecule has 0 aliphatic carbocycles. The number of aromatic carboxylic acids is 1. The lowest BCUT2D eigenvalue weighted by atomic mass is 10.1. The van der Waals surface area contributed by atoms with E-state index in [9.17, 15) is 9.59 Å². The Morgan fingerprint density at radius 2 is 2.00 bits per heavy atom. The third kappa shape index (κ3) is 4.14. The van der Waals surface area contributed by atoms with Gasteiger partial charge in [-0.25, -0.2) is 9.78 Å². The second-order valence-corrected chi connectivity index (χ2v) is 5.93. The molecular formula is C16H18N2O3S. The van der Waals surface area contributed by atoms with E-state index < -0.39 is 5.97 Å². The zero-order valence-electron chi connectivity index (χ0n) is 12.5. The molecule has 116 valence electrons. The van der Waals surface area contributed by atoms with Crippen LogP contribution < -0.4 is 5.32 Å². The number of carbonyl (C=O) groups excluding carboxylic acids is 1. The first-order valence-electron chi connectivity index (χ1n) is 7.05. The van der Waals surface area contributed by atoms with Crippen molar-refractivity contribution in [1.82, 2.24) is 10.3 Å². The van der Waals surface area contributed by atoms with E-state index in [-0.39, 0.29) is 23.9 Å². The molecule has 1 aromatic carbocycles. The largest absolute Gasteiger partial charge is 0.478 e. The number of hydrogen-bond acceptors (Lipinski definition) is 4. The molecule has 0 spiro atoms. The van der Waals surface area contributed by atoms with E-state index in [1.165, 1.54) is 12.1 Å². The Balaban J connectivity index is 1.93. The SMILES string of the molecule is CCc1nc(C(C)NC(=O)Cc2ccc(C(=O)O)cc2)cs1. The van der Waals surface area contributed by atoms with Gasteiger partial charge >= 0.3 is 5.97 Å². The number of nitrogens with one attached hydrogen (secondary N) is 1. The molecule has 1 aromatic heterocycles. The Labute approximate surface area is 133 Å². The van der Waals surface area contributed by atoms with E-state index in [1.54, 1.807) is 23.5 Å². The van der Waals surface area contributed by atoms with Crippen molar-refractivity contribution in [1.29, 1.82) is 0 Å². The van der Waals surface area contributed by atoms with Crippen LogP contribution in [0, 0.1) is 0 Å². The van der Waals surface area contributed by atoms with E-state index in [0.717, 1.165) is 22.7 Å². The molecule has 0 radical (unpaired) electrons. The smallest absolute Gasteiger partial charge is 0.335 e. The molecule has 1 atom stereocenters. The molecule has 2 aromatic rings. The number of carbonyl (C=O) groups is 2. The number of nitrogens with zero attached hydrogens (tertiary/aromatic N) is 1. The number of carboxylic acids is 1. The zero-order chi connectivity index (χ0) is 16.1. The summed E-state index contributed by atoms with van der Waals surface area (Å²) in [6.45, 7) is 3.95. The molecule has 22 heavy (non-hydrogen) atoms. The fourth-order valence-electron chi connectivity index (χ4n) is 2.00. The molecule has 1 amide bonds. The summed E-state index contributed by atoms with van der Waals surface area (Å²) >= 11 is 1.60. The number of amides is 1. The van der Waals surface area contributed by atoms with Crippen LogP contribution in [0.1, 0.15) is 46.5 Å². The van der Waals surface area contributed by atoms with Crippen LogP contribution in [0.5, 0.6) is 0 Å². The Morgan fingerprint density at radius 1 is 1.32 bits per heavy atom. The summed E-state index contributed by atoms with van der Waals surface area (Å²) in [6.07, 6.45) is 1.11. The molecule has 0 saturated carbocycles. The van der Waals surface area contributed by atoms with Crippen LogP contribution in [-0.4, -0.2) is 22.0 Å². The van der Waals surface area contributed by atoms with Gasteiger partial charge in [0.1, 0.15) is 0 Å². The van der Waals surface area contributed by atoms with Gasteiger partial charge in [0.05, 0.1) is 28.7 Å². The van der Waals surface area contributed by atoms with Gasteiger partial charge in [-0.3, -0.25) is 4.79 Å². The second kappa shape index (κ2) is 7.17. The average Bonchev–Trinajstić information content (AvgIpc) is 2.96. The van der Waals surface area contributed by atoms with Gasteiger partial charge < -0.3 is 10.4 Å². The predicted molar refractivity (Wildman–Crippen MR) is 85.2 cm³/mol. The van der Waals surface area contributed by atoms with Crippen LogP contribution in [0.3, 0.4) is 0 Å². The summed E-state index contributed by atoms with van der Waals surface area (Å²) in [6, 6.07) is 6.18. The van der Waals surface area contributed by atoms with Gasteiger partial charge in [0, 0.05) is 5.38 Å². The minimum absolute atomic E-state index is 0.110. The third-order valence-corrected chi connectivity index (χ3v) is 4.27. The van der Waals surface area contributed by atoms with Gasteiger partial charge in [-0.05, 0) is 31.0 Å². The van der Waals surface area contributed by atoms with E-state index in [2.05, 4.69) is 10.3 Å². The van der Waals surface area contributed by atoms with Crippen molar-refractivity contribution < 1.29 is 14.7 Å². The summed E-state index contributed by atoms with van der Waals surface area (Å²) < 4.78 is 0. The van der Waals surface area contributed by atoms with E-state index >= 15 is 0 Å². The molecule has 0 aliphatic rings. The molecule has 0 saturated heterocycles. The first-order valence-corrected chi connectivity index (χ1v) is 7.93. The fraction of sp³-hybridized carbons (Fsp3) is 0.312. The standard InChI is InChI=1S/C16H18N2O3S/c1-3-15-18-13(9-22-15)10(2)17-14(19)8-11-4-6-12(7-5-11)16(20)21/h4-7,9-10H,3,8H2,1-2H3,(H,17,19)(H,20,21). The lowest BCUT2D eigenvalue weighted by Gasteiger charge is -2.11. The lowest BCUT2D eigenvalue weighted by Crippen LogP contribution is -2.28. The predicted octanol–water partition coefficient (Wildman–Crippen LogP) is 2.82. The van der Waals surface area contributed by atoms with Crippen LogP contribution in [-0.2, 0) is 17.6 Å². The van der Waals surface area contributed by atoms with Gasteiger partial charge in [0.15, 0.2) is 0 Å². The maximum atomic E-state index is 12.0. The minimum atomic E-state index is -0.972. The molecular weight excluding hydrogens is 300 g/mol. The van der Waals surface area contributed by atoms with Crippen LogP contribution in [0.25, 0.3) is 0 Å². The highest BCUT2D eigenvalue weighted by Gasteiger charge is 2.13. The molecule has 2 rings (SSSR count). The van der Waals surface area contributed by atoms with E-state index in [4.69, 9.17) is 5.11 Å². The number of benzene rings is 1.